The molecule has 1 fully saturated rings. The normalized spacial score (nSPS) is 17.8. The van der Waals surface area contributed by atoms with Crippen LogP contribution in [0.3, 0.4) is 0 Å². The van der Waals surface area contributed by atoms with Crippen molar-refractivity contribution >= 4 is 45.2 Å². The maximum atomic E-state index is 6.12. The van der Waals surface area contributed by atoms with E-state index in [0.717, 1.165) is 11.3 Å². The summed E-state index contributed by atoms with van der Waals surface area (Å²) in [5.41, 5.74) is 2.34. The first-order chi connectivity index (χ1) is 9.29. The second-order valence-corrected chi connectivity index (χ2v) is 6.82. The summed E-state index contributed by atoms with van der Waals surface area (Å²) in [6.07, 6.45) is 7.93. The van der Waals surface area contributed by atoms with Gasteiger partial charge in [0.05, 0.1) is 16.9 Å². The summed E-state index contributed by atoms with van der Waals surface area (Å²) in [5, 5.41) is 0. The van der Waals surface area contributed by atoms with Gasteiger partial charge in [0, 0.05) is 9.61 Å². The minimum atomic E-state index is 0.502. The van der Waals surface area contributed by atoms with Crippen molar-refractivity contribution in [2.24, 2.45) is 0 Å². The summed E-state index contributed by atoms with van der Waals surface area (Å²) in [5.74, 6) is 1.53. The van der Waals surface area contributed by atoms with E-state index in [4.69, 9.17) is 16.6 Å². The lowest BCUT2D eigenvalue weighted by atomic mass is 10.1. The fraction of sp³-hybridized carbons (Fsp3) is 0.533. The SMILES string of the molecule is ClCc1nc2cc(I)ccc2n1C1CCCCCC1. The number of imidazole rings is 1. The molecule has 1 aromatic heterocycles. The fourth-order valence-electron chi connectivity index (χ4n) is 3.14. The second kappa shape index (κ2) is 6.00. The summed E-state index contributed by atoms with van der Waals surface area (Å²) < 4.78 is 3.64. The van der Waals surface area contributed by atoms with Crippen molar-refractivity contribution in [3.8, 4) is 0 Å². The Hall–Kier alpha value is -0.290. The predicted molar refractivity (Wildman–Crippen MR) is 88.7 cm³/mol. The van der Waals surface area contributed by atoms with Crippen molar-refractivity contribution < 1.29 is 0 Å². The molecule has 2 aromatic rings. The van der Waals surface area contributed by atoms with Crippen molar-refractivity contribution in [3.63, 3.8) is 0 Å². The van der Waals surface area contributed by atoms with Crippen molar-refractivity contribution in [2.75, 3.05) is 0 Å². The Morgan fingerprint density at radius 1 is 1.21 bits per heavy atom. The minimum Gasteiger partial charge on any atom is -0.324 e. The monoisotopic (exact) mass is 388 g/mol. The highest BCUT2D eigenvalue weighted by Crippen LogP contribution is 2.32. The van der Waals surface area contributed by atoms with Gasteiger partial charge in [-0.25, -0.2) is 4.98 Å². The number of halogens is 2. The summed E-state index contributed by atoms with van der Waals surface area (Å²) in [6, 6.07) is 7.10. The minimum absolute atomic E-state index is 0.502. The molecule has 0 atom stereocenters. The van der Waals surface area contributed by atoms with Crippen LogP contribution in [-0.4, -0.2) is 9.55 Å². The maximum Gasteiger partial charge on any atom is 0.125 e. The van der Waals surface area contributed by atoms with E-state index in [1.807, 2.05) is 0 Å². The van der Waals surface area contributed by atoms with Crippen LogP contribution >= 0.6 is 34.2 Å². The quantitative estimate of drug-likeness (QED) is 0.389. The molecule has 0 radical (unpaired) electrons. The average Bonchev–Trinajstić information content (AvgIpc) is 2.60. The molecular formula is C15H18ClIN2. The van der Waals surface area contributed by atoms with Crippen LogP contribution in [0.4, 0.5) is 0 Å². The van der Waals surface area contributed by atoms with Crippen molar-refractivity contribution in [2.45, 2.75) is 50.4 Å². The Kier molecular flexibility index (Phi) is 4.32. The molecule has 1 aliphatic carbocycles. The van der Waals surface area contributed by atoms with Gasteiger partial charge in [0.1, 0.15) is 5.82 Å². The molecule has 2 nitrogen and oxygen atoms in total. The van der Waals surface area contributed by atoms with E-state index >= 15 is 0 Å². The topological polar surface area (TPSA) is 17.8 Å². The molecule has 3 rings (SSSR count). The van der Waals surface area contributed by atoms with Crippen LogP contribution < -0.4 is 0 Å². The number of benzene rings is 1. The number of rotatable bonds is 2. The lowest BCUT2D eigenvalue weighted by Gasteiger charge is -2.19. The third-order valence-electron chi connectivity index (χ3n) is 4.03. The molecule has 1 heterocycles. The fourth-order valence-corrected chi connectivity index (χ4v) is 3.80. The molecule has 1 aromatic carbocycles. The summed E-state index contributed by atoms with van der Waals surface area (Å²) in [6.45, 7) is 0. The lowest BCUT2D eigenvalue weighted by Crippen LogP contribution is -2.11. The van der Waals surface area contributed by atoms with Gasteiger partial charge in [0.15, 0.2) is 0 Å². The van der Waals surface area contributed by atoms with Gasteiger partial charge in [-0.05, 0) is 53.6 Å². The van der Waals surface area contributed by atoms with E-state index in [0.29, 0.717) is 11.9 Å². The third-order valence-corrected chi connectivity index (χ3v) is 4.94. The van der Waals surface area contributed by atoms with Gasteiger partial charge >= 0.3 is 0 Å². The van der Waals surface area contributed by atoms with E-state index in [1.165, 1.54) is 47.6 Å². The van der Waals surface area contributed by atoms with Crippen LogP contribution in [0.25, 0.3) is 11.0 Å². The van der Waals surface area contributed by atoms with Crippen LogP contribution in [0.2, 0.25) is 0 Å². The molecule has 0 N–H and O–H groups in total. The van der Waals surface area contributed by atoms with E-state index in [-0.39, 0.29) is 0 Å². The maximum absolute atomic E-state index is 6.12. The van der Waals surface area contributed by atoms with Gasteiger partial charge in [-0.2, -0.15) is 0 Å². The summed E-state index contributed by atoms with van der Waals surface area (Å²) >= 11 is 8.46. The highest BCUT2D eigenvalue weighted by molar-refractivity contribution is 14.1. The molecule has 0 spiro atoms. The van der Waals surface area contributed by atoms with Gasteiger partial charge in [-0.15, -0.1) is 11.6 Å². The molecule has 0 bridgehead atoms. The highest BCUT2D eigenvalue weighted by atomic mass is 127. The standard InChI is InChI=1S/C15H18ClIN2/c16-10-15-18-13-9-11(17)7-8-14(13)19(15)12-5-3-1-2-4-6-12/h7-9,12H,1-6,10H2. The molecule has 102 valence electrons. The molecule has 19 heavy (non-hydrogen) atoms. The number of aromatic nitrogens is 2. The van der Waals surface area contributed by atoms with Crippen LogP contribution in [0.1, 0.15) is 50.4 Å². The molecule has 0 saturated heterocycles. The smallest absolute Gasteiger partial charge is 0.125 e. The summed E-state index contributed by atoms with van der Waals surface area (Å²) in [7, 11) is 0. The number of nitrogens with zero attached hydrogens (tertiary/aromatic N) is 2. The number of alkyl halides is 1. The van der Waals surface area contributed by atoms with Crippen molar-refractivity contribution in [3.05, 3.63) is 27.6 Å². The van der Waals surface area contributed by atoms with Crippen molar-refractivity contribution in [1.29, 1.82) is 0 Å². The molecule has 0 unspecified atom stereocenters. The van der Waals surface area contributed by atoms with Crippen LogP contribution in [0, 0.1) is 3.57 Å². The number of hydrogen-bond acceptors (Lipinski definition) is 1. The number of fused-ring (bicyclic) bond motifs is 1. The van der Waals surface area contributed by atoms with E-state index in [9.17, 15) is 0 Å². The van der Waals surface area contributed by atoms with Crippen LogP contribution in [0.5, 0.6) is 0 Å². The summed E-state index contributed by atoms with van der Waals surface area (Å²) in [4.78, 5) is 4.72. The third kappa shape index (κ3) is 2.77. The zero-order valence-corrected chi connectivity index (χ0v) is 13.8. The molecular weight excluding hydrogens is 371 g/mol. The van der Waals surface area contributed by atoms with E-state index < -0.39 is 0 Å². The molecule has 4 heteroatoms. The molecule has 1 saturated carbocycles. The Balaban J connectivity index is 2.09. The predicted octanol–water partition coefficient (Wildman–Crippen LogP) is 5.28. The Morgan fingerprint density at radius 2 is 1.95 bits per heavy atom. The van der Waals surface area contributed by atoms with E-state index in [2.05, 4.69) is 45.4 Å². The van der Waals surface area contributed by atoms with Gasteiger partial charge < -0.3 is 4.57 Å². The van der Waals surface area contributed by atoms with Gasteiger partial charge in [-0.1, -0.05) is 25.7 Å². The van der Waals surface area contributed by atoms with Crippen LogP contribution in [0.15, 0.2) is 18.2 Å². The van der Waals surface area contributed by atoms with Crippen molar-refractivity contribution in [1.82, 2.24) is 9.55 Å². The van der Waals surface area contributed by atoms with E-state index in [1.54, 1.807) is 0 Å². The largest absolute Gasteiger partial charge is 0.324 e. The lowest BCUT2D eigenvalue weighted by molar-refractivity contribution is 0.444. The first-order valence-corrected chi connectivity index (χ1v) is 8.63. The van der Waals surface area contributed by atoms with Crippen LogP contribution in [-0.2, 0) is 5.88 Å². The second-order valence-electron chi connectivity index (χ2n) is 5.31. The first-order valence-electron chi connectivity index (χ1n) is 7.02. The number of hydrogen-bond donors (Lipinski definition) is 0. The van der Waals surface area contributed by atoms with Gasteiger partial charge in [0.25, 0.3) is 0 Å². The van der Waals surface area contributed by atoms with Gasteiger partial charge in [-0.3, -0.25) is 0 Å². The Bertz CT molecular complexity index is 571. The molecule has 0 amide bonds. The molecule has 0 aliphatic heterocycles. The average molecular weight is 389 g/mol. The zero-order chi connectivity index (χ0) is 13.2. The van der Waals surface area contributed by atoms with Gasteiger partial charge in [0.2, 0.25) is 0 Å². The first kappa shape index (κ1) is 13.7. The Labute approximate surface area is 132 Å². The Morgan fingerprint density at radius 3 is 2.63 bits per heavy atom. The molecule has 1 aliphatic rings. The highest BCUT2D eigenvalue weighted by Gasteiger charge is 2.20. The zero-order valence-electron chi connectivity index (χ0n) is 10.9.